The van der Waals surface area contributed by atoms with Crippen molar-refractivity contribution in [3.05, 3.63) is 40.4 Å². The lowest BCUT2D eigenvalue weighted by molar-refractivity contribution is -0.172. The van der Waals surface area contributed by atoms with Crippen molar-refractivity contribution < 1.29 is 27.4 Å². The summed E-state index contributed by atoms with van der Waals surface area (Å²) in [6, 6.07) is 8.21. The van der Waals surface area contributed by atoms with Gasteiger partial charge in [-0.25, -0.2) is 13.2 Å². The Morgan fingerprint density at radius 2 is 2.04 bits per heavy atom. The van der Waals surface area contributed by atoms with Crippen molar-refractivity contribution in [1.29, 1.82) is 10.5 Å². The van der Waals surface area contributed by atoms with E-state index >= 15 is 4.39 Å². The minimum Gasteiger partial charge on any atom is -0.461 e. The average Bonchev–Trinajstić information content (AvgIpc) is 3.55. The van der Waals surface area contributed by atoms with Gasteiger partial charge >= 0.3 is 6.01 Å². The number of thiophene rings is 1. The molecule has 4 aliphatic heterocycles. The zero-order valence-corrected chi connectivity index (χ0v) is 29.4. The van der Waals surface area contributed by atoms with Crippen LogP contribution >= 0.6 is 22.9 Å². The molecule has 5 fully saturated rings. The number of carbonyl (C=O) groups is 1. The molecule has 9 rings (SSSR count). The first-order chi connectivity index (χ1) is 25.0. The molecule has 4 aromatic rings. The fraction of sp³-hybridized carbons (Fsp3) is 0.472. The van der Waals surface area contributed by atoms with Crippen LogP contribution in [-0.2, 0) is 9.53 Å². The molecule has 16 heteroatoms. The minimum absolute atomic E-state index is 0.00890. The predicted octanol–water partition coefficient (Wildman–Crippen LogP) is 5.43. The van der Waals surface area contributed by atoms with E-state index in [0.717, 1.165) is 30.7 Å². The summed E-state index contributed by atoms with van der Waals surface area (Å²) >= 11 is 7.78. The SMILES string of the molecule is N#Cc1c(N)sc2c(F)ccc(-c3c(Cl)cc4c(N5CCOC6(CN(C(=O)[C@@H]7C[C@H]7C#N)C6)C5)nc(OC[C@@]56CCCN5C[C@H](F)C6)nc4c3F)c12. The summed E-state index contributed by atoms with van der Waals surface area (Å²) in [7, 11) is 0. The van der Waals surface area contributed by atoms with E-state index in [9.17, 15) is 24.1 Å². The second kappa shape index (κ2) is 12.1. The topological polar surface area (TPSA) is 145 Å². The number of amides is 1. The molecule has 0 unspecified atom stereocenters. The second-order valence-corrected chi connectivity index (χ2v) is 16.1. The quantitative estimate of drug-likeness (QED) is 0.271. The van der Waals surface area contributed by atoms with Crippen LogP contribution in [0.1, 0.15) is 31.2 Å². The van der Waals surface area contributed by atoms with Gasteiger partial charge in [-0.1, -0.05) is 17.7 Å². The lowest BCUT2D eigenvalue weighted by Crippen LogP contribution is -2.71. The standard InChI is InChI=1S/C36H32ClF3N8O3S/c37-24-9-22-29(28(40)27(24)20-2-3-25(39)30-26(20)23(12-42)31(43)52-30)44-34(50-17-35-4-1-5-48(35)13-19(38)10-35)45-32(22)46-6-7-51-36(14-46)15-47(16-36)33(49)21-8-18(21)11-41/h2-3,9,18-19,21H,1,4-8,10,13-17,43H2/t18-,19+,21+,35-/m0/s1. The van der Waals surface area contributed by atoms with Gasteiger partial charge in [0.15, 0.2) is 5.82 Å². The molecule has 11 nitrogen and oxygen atoms in total. The molecule has 0 bridgehead atoms. The van der Waals surface area contributed by atoms with Gasteiger partial charge in [-0.3, -0.25) is 9.69 Å². The van der Waals surface area contributed by atoms with Crippen molar-refractivity contribution in [1.82, 2.24) is 19.8 Å². The summed E-state index contributed by atoms with van der Waals surface area (Å²) < 4.78 is 59.3. The number of halogens is 4. The molecular weight excluding hydrogens is 717 g/mol. The van der Waals surface area contributed by atoms with E-state index in [-0.39, 0.29) is 72.7 Å². The number of nitrogen functional groups attached to an aromatic ring is 1. The van der Waals surface area contributed by atoms with Crippen LogP contribution in [0.3, 0.4) is 0 Å². The van der Waals surface area contributed by atoms with E-state index in [0.29, 0.717) is 63.4 Å². The van der Waals surface area contributed by atoms with Crippen LogP contribution in [0.5, 0.6) is 6.01 Å². The number of benzene rings is 2. The Balaban J connectivity index is 1.12. The molecule has 1 aliphatic carbocycles. The minimum atomic E-state index is -0.972. The highest BCUT2D eigenvalue weighted by atomic mass is 35.5. The molecule has 6 heterocycles. The zero-order chi connectivity index (χ0) is 36.1. The van der Waals surface area contributed by atoms with Crippen LogP contribution in [0, 0.1) is 46.1 Å². The van der Waals surface area contributed by atoms with Crippen molar-refractivity contribution in [2.24, 2.45) is 11.8 Å². The summed E-state index contributed by atoms with van der Waals surface area (Å²) in [6.07, 6.45) is 1.59. The van der Waals surface area contributed by atoms with Gasteiger partial charge in [0.25, 0.3) is 0 Å². The van der Waals surface area contributed by atoms with E-state index < -0.39 is 28.9 Å². The Hall–Kier alpha value is -4.41. The smallest absolute Gasteiger partial charge is 0.319 e. The number of nitrogens with zero attached hydrogens (tertiary/aromatic N) is 7. The summed E-state index contributed by atoms with van der Waals surface area (Å²) in [5, 5.41) is 19.7. The molecule has 2 N–H and O–H groups in total. The molecule has 1 saturated carbocycles. The van der Waals surface area contributed by atoms with Gasteiger partial charge in [-0.05, 0) is 43.5 Å². The van der Waals surface area contributed by atoms with Gasteiger partial charge in [0.2, 0.25) is 5.91 Å². The number of rotatable bonds is 6. The average molecular weight is 749 g/mol. The zero-order valence-electron chi connectivity index (χ0n) is 27.8. The number of nitriles is 2. The lowest BCUT2D eigenvalue weighted by Gasteiger charge is -2.54. The van der Waals surface area contributed by atoms with Gasteiger partial charge in [-0.15, -0.1) is 11.3 Å². The molecule has 1 amide bonds. The molecule has 268 valence electrons. The number of likely N-dealkylation sites (tertiary alicyclic amines) is 1. The normalized spacial score (nSPS) is 26.4. The van der Waals surface area contributed by atoms with Crippen LogP contribution in [0.25, 0.3) is 32.1 Å². The van der Waals surface area contributed by atoms with E-state index in [1.54, 1.807) is 11.0 Å². The van der Waals surface area contributed by atoms with Gasteiger partial charge < -0.3 is 25.0 Å². The Labute approximate surface area is 305 Å². The molecule has 1 spiro atoms. The number of fused-ring (bicyclic) bond motifs is 3. The summed E-state index contributed by atoms with van der Waals surface area (Å²) in [6.45, 7) is 2.93. The van der Waals surface area contributed by atoms with Gasteiger partial charge in [0.1, 0.15) is 46.6 Å². The van der Waals surface area contributed by atoms with Crippen molar-refractivity contribution in [2.45, 2.75) is 43.0 Å². The summed E-state index contributed by atoms with van der Waals surface area (Å²) in [4.78, 5) is 28.1. The van der Waals surface area contributed by atoms with Crippen LogP contribution in [-0.4, -0.2) is 95.5 Å². The van der Waals surface area contributed by atoms with E-state index in [4.69, 9.17) is 31.8 Å². The first-order valence-corrected chi connectivity index (χ1v) is 18.4. The van der Waals surface area contributed by atoms with Gasteiger partial charge in [0, 0.05) is 35.8 Å². The molecule has 5 aliphatic rings. The summed E-state index contributed by atoms with van der Waals surface area (Å²) in [5.41, 5.74) is 4.91. The molecule has 2 aromatic heterocycles. The van der Waals surface area contributed by atoms with Crippen molar-refractivity contribution >= 4 is 60.7 Å². The number of hydrogen-bond acceptors (Lipinski definition) is 11. The Morgan fingerprint density at radius 1 is 1.21 bits per heavy atom. The first kappa shape index (κ1) is 33.4. The lowest BCUT2D eigenvalue weighted by atomic mass is 9.90. The van der Waals surface area contributed by atoms with Crippen LogP contribution < -0.4 is 15.4 Å². The number of hydrogen-bond donors (Lipinski definition) is 1. The maximum absolute atomic E-state index is 17.1. The number of anilines is 2. The number of morpholine rings is 1. The van der Waals surface area contributed by atoms with Gasteiger partial charge in [0.05, 0.1) is 65.0 Å². The first-order valence-electron chi connectivity index (χ1n) is 17.2. The van der Waals surface area contributed by atoms with Crippen LogP contribution in [0.4, 0.5) is 24.0 Å². The maximum Gasteiger partial charge on any atom is 0.319 e. The Morgan fingerprint density at radius 3 is 2.81 bits per heavy atom. The van der Waals surface area contributed by atoms with Gasteiger partial charge in [-0.2, -0.15) is 20.5 Å². The fourth-order valence-corrected chi connectivity index (χ4v) is 9.98. The van der Waals surface area contributed by atoms with E-state index in [1.165, 1.54) is 12.1 Å². The molecule has 2 aromatic carbocycles. The molecule has 4 atom stereocenters. The van der Waals surface area contributed by atoms with Crippen molar-refractivity contribution in [2.75, 3.05) is 63.1 Å². The maximum atomic E-state index is 17.1. The molecule has 0 radical (unpaired) electrons. The number of alkyl halides is 1. The monoisotopic (exact) mass is 748 g/mol. The molecular formula is C36H32ClF3N8O3S. The number of aromatic nitrogens is 2. The third kappa shape index (κ3) is 5.16. The third-order valence-corrected chi connectivity index (χ3v) is 12.7. The van der Waals surface area contributed by atoms with Crippen LogP contribution in [0.2, 0.25) is 5.02 Å². The summed E-state index contributed by atoms with van der Waals surface area (Å²) in [5.74, 6) is -1.63. The third-order valence-electron chi connectivity index (χ3n) is 11.4. The number of nitrogens with two attached hydrogens (primary N) is 1. The van der Waals surface area contributed by atoms with E-state index in [1.807, 2.05) is 11.0 Å². The Kier molecular flexibility index (Phi) is 7.76. The number of carbonyl (C=O) groups excluding carboxylic acids is 1. The second-order valence-electron chi connectivity index (χ2n) is 14.6. The van der Waals surface area contributed by atoms with Crippen molar-refractivity contribution in [3.63, 3.8) is 0 Å². The Bertz CT molecular complexity index is 2270. The molecule has 4 saturated heterocycles. The van der Waals surface area contributed by atoms with Crippen molar-refractivity contribution in [3.8, 4) is 29.3 Å². The highest BCUT2D eigenvalue weighted by molar-refractivity contribution is 7.23. The highest BCUT2D eigenvalue weighted by Crippen LogP contribution is 2.47. The molecule has 52 heavy (non-hydrogen) atoms. The number of ether oxygens (including phenoxy) is 2. The highest BCUT2D eigenvalue weighted by Gasteiger charge is 2.54. The fourth-order valence-electron chi connectivity index (χ4n) is 8.74. The largest absolute Gasteiger partial charge is 0.461 e. The predicted molar refractivity (Wildman–Crippen MR) is 188 cm³/mol. The van der Waals surface area contributed by atoms with Crippen LogP contribution in [0.15, 0.2) is 18.2 Å². The van der Waals surface area contributed by atoms with E-state index in [2.05, 4.69) is 16.0 Å².